The van der Waals surface area contributed by atoms with E-state index in [9.17, 15) is 13.2 Å². The predicted octanol–water partition coefficient (Wildman–Crippen LogP) is 4.37. The van der Waals surface area contributed by atoms with Gasteiger partial charge in [0.1, 0.15) is 5.75 Å². The molecule has 0 aliphatic rings. The molecular weight excluding hydrogens is 279 g/mol. The zero-order valence-corrected chi connectivity index (χ0v) is 11.6. The molecule has 0 aliphatic heterocycles. The largest absolute Gasteiger partial charge is 0.497 e. The molecular formula is C16H16F3NO. The van der Waals surface area contributed by atoms with Crippen LogP contribution in [0.1, 0.15) is 11.1 Å². The fourth-order valence-corrected chi connectivity index (χ4v) is 1.96. The molecule has 0 heterocycles. The van der Waals surface area contributed by atoms with Crippen LogP contribution in [-0.4, -0.2) is 13.7 Å². The van der Waals surface area contributed by atoms with Crippen molar-refractivity contribution in [1.82, 2.24) is 0 Å². The maximum atomic E-state index is 12.4. The van der Waals surface area contributed by atoms with E-state index in [0.717, 1.165) is 29.9 Å². The van der Waals surface area contributed by atoms with Gasteiger partial charge in [-0.05, 0) is 48.4 Å². The minimum absolute atomic E-state index is 0.637. The molecule has 0 aromatic heterocycles. The molecule has 21 heavy (non-hydrogen) atoms. The van der Waals surface area contributed by atoms with Crippen molar-refractivity contribution >= 4 is 5.69 Å². The van der Waals surface area contributed by atoms with Gasteiger partial charge in [-0.1, -0.05) is 12.1 Å². The molecule has 2 nitrogen and oxygen atoms in total. The molecule has 0 saturated carbocycles. The number of rotatable bonds is 5. The maximum Gasteiger partial charge on any atom is 0.416 e. The zero-order chi connectivity index (χ0) is 15.3. The third kappa shape index (κ3) is 4.41. The molecule has 0 bridgehead atoms. The van der Waals surface area contributed by atoms with Gasteiger partial charge >= 0.3 is 6.18 Å². The van der Waals surface area contributed by atoms with Crippen LogP contribution in [0.4, 0.5) is 18.9 Å². The average Bonchev–Trinajstić information content (AvgIpc) is 2.47. The maximum absolute atomic E-state index is 12.4. The average molecular weight is 295 g/mol. The first-order valence-corrected chi connectivity index (χ1v) is 6.53. The molecule has 0 saturated heterocycles. The zero-order valence-electron chi connectivity index (χ0n) is 11.6. The van der Waals surface area contributed by atoms with E-state index in [1.807, 2.05) is 24.3 Å². The van der Waals surface area contributed by atoms with Gasteiger partial charge in [-0.3, -0.25) is 0 Å². The second kappa shape index (κ2) is 6.52. The van der Waals surface area contributed by atoms with Gasteiger partial charge in [-0.2, -0.15) is 13.2 Å². The second-order valence-corrected chi connectivity index (χ2v) is 4.60. The number of anilines is 1. The highest BCUT2D eigenvalue weighted by Crippen LogP contribution is 2.29. The van der Waals surface area contributed by atoms with Crippen molar-refractivity contribution in [3.63, 3.8) is 0 Å². The van der Waals surface area contributed by atoms with E-state index in [1.54, 1.807) is 7.11 Å². The van der Waals surface area contributed by atoms with Crippen LogP contribution in [0.2, 0.25) is 0 Å². The number of ether oxygens (including phenoxy) is 1. The molecule has 1 N–H and O–H groups in total. The van der Waals surface area contributed by atoms with E-state index < -0.39 is 11.7 Å². The number of halogens is 3. The van der Waals surface area contributed by atoms with Crippen molar-refractivity contribution in [1.29, 1.82) is 0 Å². The molecule has 0 unspecified atom stereocenters. The molecule has 0 fully saturated rings. The van der Waals surface area contributed by atoms with Crippen LogP contribution >= 0.6 is 0 Å². The van der Waals surface area contributed by atoms with E-state index in [4.69, 9.17) is 4.74 Å². The molecule has 2 aromatic carbocycles. The molecule has 2 aromatic rings. The van der Waals surface area contributed by atoms with Crippen LogP contribution in [-0.2, 0) is 12.6 Å². The van der Waals surface area contributed by atoms with Crippen LogP contribution < -0.4 is 10.1 Å². The Bertz CT molecular complexity index is 579. The van der Waals surface area contributed by atoms with Gasteiger partial charge in [0, 0.05) is 12.2 Å². The molecule has 0 aliphatic carbocycles. The number of benzene rings is 2. The third-order valence-corrected chi connectivity index (χ3v) is 3.09. The molecule has 5 heteroatoms. The van der Waals surface area contributed by atoms with Gasteiger partial charge in [0.15, 0.2) is 0 Å². The van der Waals surface area contributed by atoms with Gasteiger partial charge in [0.25, 0.3) is 0 Å². The lowest BCUT2D eigenvalue weighted by atomic mass is 10.1. The number of hydrogen-bond acceptors (Lipinski definition) is 2. The first-order valence-electron chi connectivity index (χ1n) is 6.53. The number of hydrogen-bond donors (Lipinski definition) is 1. The van der Waals surface area contributed by atoms with E-state index in [-0.39, 0.29) is 0 Å². The minimum atomic E-state index is -4.29. The monoisotopic (exact) mass is 295 g/mol. The quantitative estimate of drug-likeness (QED) is 0.884. The summed E-state index contributed by atoms with van der Waals surface area (Å²) in [6.07, 6.45) is -3.53. The summed E-state index contributed by atoms with van der Waals surface area (Å²) in [6.45, 7) is 0.637. The van der Waals surface area contributed by atoms with Crippen LogP contribution in [0.5, 0.6) is 5.75 Å². The Kier molecular flexibility index (Phi) is 4.73. The minimum Gasteiger partial charge on any atom is -0.497 e. The topological polar surface area (TPSA) is 21.3 Å². The Hall–Kier alpha value is -2.17. The fourth-order valence-electron chi connectivity index (χ4n) is 1.96. The van der Waals surface area contributed by atoms with E-state index in [2.05, 4.69) is 5.32 Å². The normalized spacial score (nSPS) is 11.2. The highest BCUT2D eigenvalue weighted by atomic mass is 19.4. The molecule has 2 rings (SSSR count). The van der Waals surface area contributed by atoms with E-state index in [1.165, 1.54) is 12.1 Å². The third-order valence-electron chi connectivity index (χ3n) is 3.09. The van der Waals surface area contributed by atoms with Gasteiger partial charge in [0.2, 0.25) is 0 Å². The first-order chi connectivity index (χ1) is 9.99. The Labute approximate surface area is 121 Å². The number of alkyl halides is 3. The van der Waals surface area contributed by atoms with Crippen molar-refractivity contribution in [2.24, 2.45) is 0 Å². The summed E-state index contributed by atoms with van der Waals surface area (Å²) in [7, 11) is 1.61. The van der Waals surface area contributed by atoms with Crippen LogP contribution in [0.3, 0.4) is 0 Å². The lowest BCUT2D eigenvalue weighted by Crippen LogP contribution is -2.07. The summed E-state index contributed by atoms with van der Waals surface area (Å²) in [5, 5.41) is 3.10. The van der Waals surface area contributed by atoms with Crippen molar-refractivity contribution in [3.05, 3.63) is 59.7 Å². The van der Waals surface area contributed by atoms with Gasteiger partial charge < -0.3 is 10.1 Å². The highest BCUT2D eigenvalue weighted by Gasteiger charge is 2.29. The van der Waals surface area contributed by atoms with Crippen molar-refractivity contribution < 1.29 is 17.9 Å². The van der Waals surface area contributed by atoms with Gasteiger partial charge in [0.05, 0.1) is 12.7 Å². The summed E-state index contributed by atoms with van der Waals surface area (Å²) in [5.74, 6) is 0.794. The van der Waals surface area contributed by atoms with Crippen LogP contribution in [0.25, 0.3) is 0 Å². The molecule has 0 atom stereocenters. The SMILES string of the molecule is COc1cccc(CCNc2ccc(C(F)(F)F)cc2)c1. The summed E-state index contributed by atoms with van der Waals surface area (Å²) < 4.78 is 42.4. The number of methoxy groups -OCH3 is 1. The lowest BCUT2D eigenvalue weighted by molar-refractivity contribution is -0.137. The van der Waals surface area contributed by atoms with E-state index >= 15 is 0 Å². The lowest BCUT2D eigenvalue weighted by Gasteiger charge is -2.10. The summed E-state index contributed by atoms with van der Waals surface area (Å²) in [4.78, 5) is 0. The van der Waals surface area contributed by atoms with E-state index in [0.29, 0.717) is 12.2 Å². The molecule has 112 valence electrons. The summed E-state index contributed by atoms with van der Waals surface area (Å²) in [5.41, 5.74) is 1.14. The molecule has 0 spiro atoms. The predicted molar refractivity (Wildman–Crippen MR) is 76.6 cm³/mol. The molecule has 0 radical (unpaired) electrons. The van der Waals surface area contributed by atoms with Crippen molar-refractivity contribution in [3.8, 4) is 5.75 Å². The van der Waals surface area contributed by atoms with Crippen molar-refractivity contribution in [2.45, 2.75) is 12.6 Å². The van der Waals surface area contributed by atoms with Crippen LogP contribution in [0.15, 0.2) is 48.5 Å². The summed E-state index contributed by atoms with van der Waals surface area (Å²) in [6, 6.07) is 12.7. The Morgan fingerprint density at radius 1 is 1.05 bits per heavy atom. The van der Waals surface area contributed by atoms with Gasteiger partial charge in [-0.25, -0.2) is 0 Å². The second-order valence-electron chi connectivity index (χ2n) is 4.60. The first kappa shape index (κ1) is 15.2. The van der Waals surface area contributed by atoms with Crippen LogP contribution in [0, 0.1) is 0 Å². The standard InChI is InChI=1S/C16H16F3NO/c1-21-15-4-2-3-12(11-15)9-10-20-14-7-5-13(6-8-14)16(17,18)19/h2-8,11,20H,9-10H2,1H3. The highest BCUT2D eigenvalue weighted by molar-refractivity contribution is 5.45. The fraction of sp³-hybridized carbons (Fsp3) is 0.250. The smallest absolute Gasteiger partial charge is 0.416 e. The Morgan fingerprint density at radius 3 is 2.38 bits per heavy atom. The number of nitrogens with one attached hydrogen (secondary N) is 1. The Morgan fingerprint density at radius 2 is 1.76 bits per heavy atom. The van der Waals surface area contributed by atoms with Crippen molar-refractivity contribution in [2.75, 3.05) is 19.0 Å². The Balaban J connectivity index is 1.88. The van der Waals surface area contributed by atoms with Gasteiger partial charge in [-0.15, -0.1) is 0 Å². The molecule has 0 amide bonds. The summed E-state index contributed by atoms with van der Waals surface area (Å²) >= 11 is 0.